The molecule has 19 heavy (non-hydrogen) atoms. The third kappa shape index (κ3) is 2.96. The van der Waals surface area contributed by atoms with E-state index in [9.17, 15) is 0 Å². The second-order valence-electron chi connectivity index (χ2n) is 6.70. The van der Waals surface area contributed by atoms with E-state index in [4.69, 9.17) is 0 Å². The quantitative estimate of drug-likeness (QED) is 0.866. The molecule has 1 aromatic heterocycles. The van der Waals surface area contributed by atoms with Gasteiger partial charge in [0.25, 0.3) is 0 Å². The van der Waals surface area contributed by atoms with Crippen LogP contribution < -0.4 is 5.32 Å². The van der Waals surface area contributed by atoms with E-state index in [0.29, 0.717) is 6.04 Å². The first-order valence-corrected chi connectivity index (χ1v) is 8.08. The maximum Gasteiger partial charge on any atom is 0.203 e. The van der Waals surface area contributed by atoms with Crippen LogP contribution in [0.5, 0.6) is 0 Å². The molecule has 1 N–H and O–H groups in total. The summed E-state index contributed by atoms with van der Waals surface area (Å²) in [4.78, 5) is 4.58. The van der Waals surface area contributed by atoms with E-state index in [-0.39, 0.29) is 5.54 Å². The molecular weight excluding hydrogens is 234 g/mol. The lowest BCUT2D eigenvalue weighted by Crippen LogP contribution is -2.38. The highest BCUT2D eigenvalue weighted by Gasteiger charge is 2.28. The third-order valence-electron chi connectivity index (χ3n) is 5.01. The molecule has 0 aromatic carbocycles. The Balaban J connectivity index is 1.72. The molecule has 0 bridgehead atoms. The van der Waals surface area contributed by atoms with E-state index in [1.54, 1.807) is 0 Å². The third-order valence-corrected chi connectivity index (χ3v) is 5.01. The minimum absolute atomic E-state index is 0.260. The lowest BCUT2D eigenvalue weighted by molar-refractivity contribution is 0.332. The summed E-state index contributed by atoms with van der Waals surface area (Å²) in [6.07, 6.45) is 17.6. The second-order valence-corrected chi connectivity index (χ2v) is 6.70. The van der Waals surface area contributed by atoms with E-state index in [2.05, 4.69) is 28.0 Å². The molecule has 2 aliphatic rings. The second kappa shape index (κ2) is 5.56. The molecule has 106 valence electrons. The van der Waals surface area contributed by atoms with Crippen LogP contribution in [-0.4, -0.2) is 15.1 Å². The van der Waals surface area contributed by atoms with Crippen LogP contribution in [-0.2, 0) is 0 Å². The molecule has 3 rings (SSSR count). The summed E-state index contributed by atoms with van der Waals surface area (Å²) in [5.41, 5.74) is 0.260. The van der Waals surface area contributed by atoms with Crippen LogP contribution in [0.2, 0.25) is 0 Å². The first-order valence-electron chi connectivity index (χ1n) is 8.08. The van der Waals surface area contributed by atoms with Crippen molar-refractivity contribution in [3.63, 3.8) is 0 Å². The summed E-state index contributed by atoms with van der Waals surface area (Å²) < 4.78 is 2.40. The number of aromatic nitrogens is 2. The lowest BCUT2D eigenvalue weighted by atomic mass is 9.83. The van der Waals surface area contributed by atoms with Crippen molar-refractivity contribution >= 4 is 5.95 Å². The average molecular weight is 261 g/mol. The largest absolute Gasteiger partial charge is 0.350 e. The van der Waals surface area contributed by atoms with Gasteiger partial charge >= 0.3 is 0 Å². The lowest BCUT2D eigenvalue weighted by Gasteiger charge is -2.36. The Bertz CT molecular complexity index is 398. The van der Waals surface area contributed by atoms with E-state index >= 15 is 0 Å². The summed E-state index contributed by atoms with van der Waals surface area (Å²) >= 11 is 0. The maximum atomic E-state index is 4.58. The molecule has 1 heterocycles. The molecule has 3 nitrogen and oxygen atoms in total. The Hall–Kier alpha value is -0.990. The first-order chi connectivity index (χ1) is 9.27. The fourth-order valence-electron chi connectivity index (χ4n) is 3.79. The zero-order valence-electron chi connectivity index (χ0n) is 12.2. The Morgan fingerprint density at radius 3 is 2.53 bits per heavy atom. The molecule has 0 radical (unpaired) electrons. The zero-order valence-corrected chi connectivity index (χ0v) is 12.2. The smallest absolute Gasteiger partial charge is 0.203 e. The molecule has 1 aromatic rings. The fourth-order valence-corrected chi connectivity index (χ4v) is 3.79. The summed E-state index contributed by atoms with van der Waals surface area (Å²) in [7, 11) is 0. The van der Waals surface area contributed by atoms with Gasteiger partial charge in [0.05, 0.1) is 0 Å². The molecule has 0 spiro atoms. The van der Waals surface area contributed by atoms with Crippen LogP contribution in [0, 0.1) is 0 Å². The highest BCUT2D eigenvalue weighted by molar-refractivity contribution is 5.31. The van der Waals surface area contributed by atoms with Gasteiger partial charge in [-0.25, -0.2) is 4.98 Å². The predicted molar refractivity (Wildman–Crippen MR) is 79.5 cm³/mol. The van der Waals surface area contributed by atoms with Gasteiger partial charge in [0.15, 0.2) is 0 Å². The van der Waals surface area contributed by atoms with Crippen molar-refractivity contribution in [1.29, 1.82) is 0 Å². The van der Waals surface area contributed by atoms with Crippen LogP contribution in [0.3, 0.4) is 0 Å². The summed E-state index contributed by atoms with van der Waals surface area (Å²) in [6, 6.07) is 0.672. The van der Waals surface area contributed by atoms with E-state index < -0.39 is 0 Å². The molecule has 0 saturated heterocycles. The van der Waals surface area contributed by atoms with Gasteiger partial charge in [-0.05, 0) is 32.6 Å². The number of nitrogens with zero attached hydrogens (tertiary/aromatic N) is 2. The Labute approximate surface area is 116 Å². The summed E-state index contributed by atoms with van der Waals surface area (Å²) in [6.45, 7) is 2.37. The van der Waals surface area contributed by atoms with Gasteiger partial charge in [0, 0.05) is 24.0 Å². The average Bonchev–Trinajstić information content (AvgIpc) is 2.88. The molecule has 0 atom stereocenters. The number of imidazole rings is 1. The number of hydrogen-bond donors (Lipinski definition) is 1. The normalized spacial score (nSPS) is 24.3. The van der Waals surface area contributed by atoms with E-state index in [1.165, 1.54) is 64.2 Å². The Morgan fingerprint density at radius 2 is 1.79 bits per heavy atom. The SMILES string of the molecule is CC1(Nc2nccn2C2CCCCC2)CCCCC1. The summed E-state index contributed by atoms with van der Waals surface area (Å²) in [5, 5.41) is 3.75. The molecule has 2 saturated carbocycles. The number of anilines is 1. The molecule has 0 amide bonds. The fraction of sp³-hybridized carbons (Fsp3) is 0.812. The van der Waals surface area contributed by atoms with Crippen LogP contribution in [0.15, 0.2) is 12.4 Å². The number of rotatable bonds is 3. The first kappa shape index (κ1) is 13.0. The minimum Gasteiger partial charge on any atom is -0.350 e. The van der Waals surface area contributed by atoms with Crippen molar-refractivity contribution in [2.24, 2.45) is 0 Å². The molecule has 0 unspecified atom stereocenters. The zero-order chi connectivity index (χ0) is 13.1. The van der Waals surface area contributed by atoms with Gasteiger partial charge in [0.1, 0.15) is 0 Å². The molecule has 2 aliphatic carbocycles. The topological polar surface area (TPSA) is 29.9 Å². The van der Waals surface area contributed by atoms with Crippen molar-refractivity contribution in [2.45, 2.75) is 82.7 Å². The summed E-state index contributed by atoms with van der Waals surface area (Å²) in [5.74, 6) is 1.11. The molecule has 3 heteroatoms. The molecular formula is C16H27N3. The monoisotopic (exact) mass is 261 g/mol. The highest BCUT2D eigenvalue weighted by Crippen LogP contribution is 2.34. The van der Waals surface area contributed by atoms with Crippen LogP contribution in [0.25, 0.3) is 0 Å². The van der Waals surface area contributed by atoms with Crippen molar-refractivity contribution in [3.05, 3.63) is 12.4 Å². The van der Waals surface area contributed by atoms with Gasteiger partial charge < -0.3 is 9.88 Å². The number of hydrogen-bond acceptors (Lipinski definition) is 2. The van der Waals surface area contributed by atoms with E-state index in [0.717, 1.165) is 5.95 Å². The Kier molecular flexibility index (Phi) is 3.81. The van der Waals surface area contributed by atoms with Crippen LogP contribution in [0.4, 0.5) is 5.95 Å². The van der Waals surface area contributed by atoms with Crippen molar-refractivity contribution in [2.75, 3.05) is 5.32 Å². The highest BCUT2D eigenvalue weighted by atomic mass is 15.2. The van der Waals surface area contributed by atoms with Gasteiger partial charge in [-0.3, -0.25) is 0 Å². The van der Waals surface area contributed by atoms with Crippen molar-refractivity contribution < 1.29 is 0 Å². The minimum atomic E-state index is 0.260. The molecule has 0 aliphatic heterocycles. The van der Waals surface area contributed by atoms with E-state index in [1.807, 2.05) is 6.20 Å². The van der Waals surface area contributed by atoms with Crippen molar-refractivity contribution in [1.82, 2.24) is 9.55 Å². The predicted octanol–water partition coefficient (Wildman–Crippen LogP) is 4.52. The van der Waals surface area contributed by atoms with Gasteiger partial charge in [-0.1, -0.05) is 38.5 Å². The maximum absolute atomic E-state index is 4.58. The number of nitrogens with one attached hydrogen (secondary N) is 1. The van der Waals surface area contributed by atoms with Crippen LogP contribution >= 0.6 is 0 Å². The van der Waals surface area contributed by atoms with Crippen LogP contribution in [0.1, 0.15) is 77.2 Å². The van der Waals surface area contributed by atoms with Crippen molar-refractivity contribution in [3.8, 4) is 0 Å². The van der Waals surface area contributed by atoms with Gasteiger partial charge in [-0.15, -0.1) is 0 Å². The van der Waals surface area contributed by atoms with Gasteiger partial charge in [0.2, 0.25) is 5.95 Å². The molecule has 2 fully saturated rings. The Morgan fingerprint density at radius 1 is 1.11 bits per heavy atom. The van der Waals surface area contributed by atoms with Gasteiger partial charge in [-0.2, -0.15) is 0 Å². The standard InChI is InChI=1S/C16H27N3/c1-16(10-6-3-7-11-16)18-15-17-12-13-19(15)14-8-4-2-5-9-14/h12-14H,2-11H2,1H3,(H,17,18).